The number of amides is 2. The Balaban J connectivity index is 4.15. The first-order valence-corrected chi connectivity index (χ1v) is 5.20. The first kappa shape index (κ1) is 14.7. The zero-order valence-corrected chi connectivity index (χ0v) is 10.0. The van der Waals surface area contributed by atoms with Crippen molar-refractivity contribution in [1.82, 2.24) is 10.2 Å². The highest BCUT2D eigenvalue weighted by molar-refractivity contribution is 5.80. The molecule has 0 aromatic rings. The molecule has 16 heavy (non-hydrogen) atoms. The number of ether oxygens (including phenoxy) is 1. The Hall–Kier alpha value is -1.30. The van der Waals surface area contributed by atoms with Crippen molar-refractivity contribution >= 4 is 12.0 Å². The predicted molar refractivity (Wildman–Crippen MR) is 59.3 cm³/mol. The Labute approximate surface area is 95.6 Å². The summed E-state index contributed by atoms with van der Waals surface area (Å²) in [6, 6.07) is -0.367. The number of carboxylic acids is 1. The number of carboxylic acid groups (broad SMARTS) is 1. The van der Waals surface area contributed by atoms with Gasteiger partial charge in [-0.05, 0) is 5.92 Å². The molecule has 0 rings (SSSR count). The zero-order chi connectivity index (χ0) is 12.6. The van der Waals surface area contributed by atoms with E-state index in [-0.39, 0.29) is 18.5 Å². The maximum Gasteiger partial charge on any atom is 0.323 e. The highest BCUT2D eigenvalue weighted by atomic mass is 16.5. The molecule has 6 nitrogen and oxygen atoms in total. The first-order valence-electron chi connectivity index (χ1n) is 5.20. The second kappa shape index (κ2) is 7.92. The lowest BCUT2D eigenvalue weighted by molar-refractivity contribution is -0.137. The fourth-order valence-electron chi connectivity index (χ4n) is 1.20. The third-order valence-corrected chi connectivity index (χ3v) is 1.78. The number of rotatable bonds is 7. The molecule has 0 spiro atoms. The van der Waals surface area contributed by atoms with Crippen LogP contribution in [0.4, 0.5) is 4.79 Å². The van der Waals surface area contributed by atoms with Gasteiger partial charge in [-0.3, -0.25) is 4.79 Å². The Morgan fingerprint density at radius 3 is 2.50 bits per heavy atom. The fraction of sp³-hybridized carbons (Fsp3) is 0.800. The van der Waals surface area contributed by atoms with Crippen molar-refractivity contribution in [3.8, 4) is 0 Å². The van der Waals surface area contributed by atoms with Crippen molar-refractivity contribution in [1.29, 1.82) is 0 Å². The van der Waals surface area contributed by atoms with Gasteiger partial charge in [0.05, 0.1) is 6.61 Å². The van der Waals surface area contributed by atoms with Gasteiger partial charge < -0.3 is 20.1 Å². The molecule has 0 saturated carbocycles. The highest BCUT2D eigenvalue weighted by Gasteiger charge is 2.17. The van der Waals surface area contributed by atoms with Crippen LogP contribution in [-0.2, 0) is 9.53 Å². The van der Waals surface area contributed by atoms with Crippen LogP contribution in [0.25, 0.3) is 0 Å². The molecular formula is C10H20N2O4. The van der Waals surface area contributed by atoms with Crippen molar-refractivity contribution in [2.45, 2.75) is 13.8 Å². The van der Waals surface area contributed by atoms with Gasteiger partial charge in [0, 0.05) is 20.2 Å². The first-order chi connectivity index (χ1) is 7.47. The quantitative estimate of drug-likeness (QED) is 0.622. The molecule has 0 aromatic heterocycles. The van der Waals surface area contributed by atoms with Crippen LogP contribution in [-0.4, -0.2) is 55.4 Å². The minimum absolute atomic E-state index is 0.229. The van der Waals surface area contributed by atoms with Crippen molar-refractivity contribution in [3.05, 3.63) is 0 Å². The van der Waals surface area contributed by atoms with E-state index in [1.54, 1.807) is 0 Å². The molecule has 0 heterocycles. The summed E-state index contributed by atoms with van der Waals surface area (Å²) < 4.78 is 4.78. The smallest absolute Gasteiger partial charge is 0.323 e. The highest BCUT2D eigenvalue weighted by Crippen LogP contribution is 1.98. The van der Waals surface area contributed by atoms with E-state index in [1.807, 2.05) is 13.8 Å². The molecule has 0 saturated heterocycles. The molecule has 0 aliphatic heterocycles. The summed E-state index contributed by atoms with van der Waals surface area (Å²) in [6.45, 7) is 4.79. The summed E-state index contributed by atoms with van der Waals surface area (Å²) in [5, 5.41) is 11.3. The molecule has 2 amide bonds. The largest absolute Gasteiger partial charge is 0.480 e. The molecule has 94 valence electrons. The van der Waals surface area contributed by atoms with Crippen molar-refractivity contribution in [2.24, 2.45) is 5.92 Å². The number of carbonyl (C=O) groups is 2. The number of hydrogen-bond acceptors (Lipinski definition) is 3. The van der Waals surface area contributed by atoms with E-state index in [1.165, 1.54) is 12.0 Å². The van der Waals surface area contributed by atoms with Crippen molar-refractivity contribution in [2.75, 3.05) is 33.4 Å². The number of hydrogen-bond donors (Lipinski definition) is 2. The Morgan fingerprint density at radius 1 is 1.44 bits per heavy atom. The Morgan fingerprint density at radius 2 is 2.06 bits per heavy atom. The fourth-order valence-corrected chi connectivity index (χ4v) is 1.20. The summed E-state index contributed by atoms with van der Waals surface area (Å²) in [5.74, 6) is -0.782. The van der Waals surface area contributed by atoms with Gasteiger partial charge in [-0.2, -0.15) is 0 Å². The van der Waals surface area contributed by atoms with Crippen LogP contribution >= 0.6 is 0 Å². The average Bonchev–Trinajstić information content (AvgIpc) is 2.15. The van der Waals surface area contributed by atoms with E-state index < -0.39 is 5.97 Å². The second-order valence-corrected chi connectivity index (χ2v) is 3.89. The van der Waals surface area contributed by atoms with E-state index >= 15 is 0 Å². The minimum Gasteiger partial charge on any atom is -0.480 e. The average molecular weight is 232 g/mol. The molecule has 0 aromatic carbocycles. The van der Waals surface area contributed by atoms with Gasteiger partial charge in [-0.15, -0.1) is 0 Å². The van der Waals surface area contributed by atoms with E-state index in [9.17, 15) is 9.59 Å². The number of methoxy groups -OCH3 is 1. The molecule has 0 aliphatic rings. The molecule has 6 heteroatoms. The Kier molecular flexibility index (Phi) is 7.28. The van der Waals surface area contributed by atoms with Gasteiger partial charge in [0.15, 0.2) is 0 Å². The summed E-state index contributed by atoms with van der Waals surface area (Å²) in [5.41, 5.74) is 0. The molecular weight excluding hydrogens is 212 g/mol. The van der Waals surface area contributed by atoms with Crippen LogP contribution < -0.4 is 5.32 Å². The van der Waals surface area contributed by atoms with Crippen LogP contribution in [0.2, 0.25) is 0 Å². The van der Waals surface area contributed by atoms with E-state index in [2.05, 4.69) is 5.32 Å². The molecule has 2 N–H and O–H groups in total. The van der Waals surface area contributed by atoms with E-state index in [0.717, 1.165) is 0 Å². The third kappa shape index (κ3) is 7.05. The van der Waals surface area contributed by atoms with Crippen LogP contribution in [0.1, 0.15) is 13.8 Å². The summed E-state index contributed by atoms with van der Waals surface area (Å²) in [4.78, 5) is 23.4. The normalized spacial score (nSPS) is 10.2. The Bertz CT molecular complexity index is 231. The monoisotopic (exact) mass is 232 g/mol. The second-order valence-electron chi connectivity index (χ2n) is 3.89. The van der Waals surface area contributed by atoms with Crippen LogP contribution in [0.3, 0.4) is 0 Å². The van der Waals surface area contributed by atoms with Gasteiger partial charge in [0.1, 0.15) is 6.54 Å². The van der Waals surface area contributed by atoms with Crippen molar-refractivity contribution < 1.29 is 19.4 Å². The number of nitrogens with one attached hydrogen (secondary N) is 1. The van der Waals surface area contributed by atoms with Crippen LogP contribution in [0.5, 0.6) is 0 Å². The lowest BCUT2D eigenvalue weighted by Crippen LogP contribution is -2.45. The maximum absolute atomic E-state index is 11.6. The molecule has 0 atom stereocenters. The summed E-state index contributed by atoms with van der Waals surface area (Å²) >= 11 is 0. The van der Waals surface area contributed by atoms with E-state index in [4.69, 9.17) is 9.84 Å². The number of carbonyl (C=O) groups excluding carboxylic acids is 1. The standard InChI is InChI=1S/C10H20N2O4/c1-8(2)6-12(7-9(13)14)10(15)11-4-5-16-3/h8H,4-7H2,1-3H3,(H,11,15)(H,13,14). The molecule has 0 aliphatic carbocycles. The number of nitrogens with zero attached hydrogens (tertiary/aromatic N) is 1. The topological polar surface area (TPSA) is 78.9 Å². The van der Waals surface area contributed by atoms with Gasteiger partial charge in [-0.25, -0.2) is 4.79 Å². The van der Waals surface area contributed by atoms with Gasteiger partial charge in [0.2, 0.25) is 0 Å². The molecule has 0 radical (unpaired) electrons. The third-order valence-electron chi connectivity index (χ3n) is 1.78. The zero-order valence-electron chi connectivity index (χ0n) is 10.0. The van der Waals surface area contributed by atoms with Crippen LogP contribution in [0, 0.1) is 5.92 Å². The SMILES string of the molecule is COCCNC(=O)N(CC(=O)O)CC(C)C. The van der Waals surface area contributed by atoms with Crippen molar-refractivity contribution in [3.63, 3.8) is 0 Å². The molecule has 0 fully saturated rings. The summed E-state index contributed by atoms with van der Waals surface area (Å²) in [6.07, 6.45) is 0. The lowest BCUT2D eigenvalue weighted by Gasteiger charge is -2.22. The number of urea groups is 1. The number of aliphatic carboxylic acids is 1. The molecule has 0 unspecified atom stereocenters. The summed E-state index contributed by atoms with van der Waals surface area (Å²) in [7, 11) is 1.54. The van der Waals surface area contributed by atoms with Gasteiger partial charge in [0.25, 0.3) is 0 Å². The van der Waals surface area contributed by atoms with Gasteiger partial charge >= 0.3 is 12.0 Å². The van der Waals surface area contributed by atoms with Crippen LogP contribution in [0.15, 0.2) is 0 Å². The lowest BCUT2D eigenvalue weighted by atomic mass is 10.2. The molecule has 0 bridgehead atoms. The minimum atomic E-state index is -1.01. The predicted octanol–water partition coefficient (Wildman–Crippen LogP) is 0.385. The van der Waals surface area contributed by atoms with Gasteiger partial charge in [-0.1, -0.05) is 13.8 Å². The van der Waals surface area contributed by atoms with E-state index in [0.29, 0.717) is 19.7 Å². The maximum atomic E-state index is 11.6.